The summed E-state index contributed by atoms with van der Waals surface area (Å²) in [7, 11) is -5.39. The minimum absolute atomic E-state index is 0. The Hall–Kier alpha value is 3.75. The number of carbonyl (C=O) groups excluding carboxylic acids is 1. The van der Waals surface area contributed by atoms with Crippen molar-refractivity contribution in [2.24, 2.45) is 0 Å². The van der Waals surface area contributed by atoms with Gasteiger partial charge in [0.15, 0.2) is 0 Å². The van der Waals surface area contributed by atoms with Crippen LogP contribution < -0.4 is 29.6 Å². The van der Waals surface area contributed by atoms with Gasteiger partial charge in [-0.3, -0.25) is 0 Å². The third-order valence-electron chi connectivity index (χ3n) is 0. The molecule has 0 aliphatic heterocycles. The molecule has 0 unspecified atom stereocenters. The Morgan fingerprint density at radius 1 is 0.923 bits per heavy atom. The second kappa shape index (κ2) is 21.1. The van der Waals surface area contributed by atoms with Gasteiger partial charge < -0.3 is 39.0 Å². The molecule has 0 heterocycles. The zero-order valence-electron chi connectivity index (χ0n) is 6.30. The van der Waals surface area contributed by atoms with Crippen LogP contribution in [0.3, 0.4) is 0 Å². The molecule has 0 aliphatic carbocycles. The Labute approximate surface area is 184 Å². The van der Waals surface area contributed by atoms with Gasteiger partial charge in [0.2, 0.25) is 0 Å². The maximum Gasteiger partial charge on any atom is 2.00 e. The number of halogens is 1. The molecule has 0 saturated heterocycles. The third-order valence-corrected chi connectivity index (χ3v) is 0. The van der Waals surface area contributed by atoms with E-state index in [0.717, 1.165) is 0 Å². The van der Waals surface area contributed by atoms with Gasteiger partial charge in [-0.2, -0.15) is 7.82 Å². The average Bonchev–Trinajstić information content (AvgIpc) is 1.19. The normalized spacial score (nSPS) is 6.38. The van der Waals surface area contributed by atoms with Crippen LogP contribution in [0, 0.1) is 0 Å². The second-order valence-corrected chi connectivity index (χ2v) is 1.59. The molecule has 0 radical (unpaired) electrons. The van der Waals surface area contributed by atoms with Crippen molar-refractivity contribution in [1.29, 1.82) is 0 Å². The van der Waals surface area contributed by atoms with E-state index in [1.807, 2.05) is 0 Å². The predicted octanol–water partition coefficient (Wildman–Crippen LogP) is -9.41. The van der Waals surface area contributed by atoms with Crippen LogP contribution in [0.5, 0.6) is 0 Å². The van der Waals surface area contributed by atoms with Gasteiger partial charge in [0, 0.05) is 0 Å². The first-order valence-electron chi connectivity index (χ1n) is 1.34. The fraction of sp³-hybridized carbons (Fsp3) is 0. The van der Waals surface area contributed by atoms with Crippen LogP contribution in [0.25, 0.3) is 0 Å². The van der Waals surface area contributed by atoms with Crippen molar-refractivity contribution >= 4 is 150 Å². The van der Waals surface area contributed by atoms with E-state index in [1.165, 1.54) is 0 Å². The van der Waals surface area contributed by atoms with Crippen molar-refractivity contribution in [2.75, 3.05) is 0 Å². The largest absolute Gasteiger partial charge is 2.00 e. The van der Waals surface area contributed by atoms with E-state index in [0.29, 0.717) is 0 Å². The molecule has 0 atom stereocenters. The molecule has 0 aromatic rings. The van der Waals surface area contributed by atoms with Gasteiger partial charge in [-0.1, -0.05) is 0 Å². The molecule has 0 aromatic carbocycles. The van der Waals surface area contributed by atoms with Crippen molar-refractivity contribution in [2.45, 2.75) is 0 Å². The molecular weight excluding hydrogens is 437 g/mol. The number of carbonyl (C=O) groups is 1. The monoisotopic (exact) mass is 438 g/mol. The fourth-order valence-corrected chi connectivity index (χ4v) is 0. The van der Waals surface area contributed by atoms with Crippen molar-refractivity contribution in [3.8, 4) is 0 Å². The molecule has 0 aromatic heterocycles. The van der Waals surface area contributed by atoms with Crippen molar-refractivity contribution in [3.63, 3.8) is 0 Å². The first kappa shape index (κ1) is 36.0. The fourth-order valence-electron chi connectivity index (χ4n) is 0. The smallest absolute Gasteiger partial charge is 1.00 e. The molecule has 7 nitrogen and oxygen atoms in total. The summed E-state index contributed by atoms with van der Waals surface area (Å²) in [4.78, 5) is 34.0. The van der Waals surface area contributed by atoms with Crippen LogP contribution in [0.2, 0.25) is 0 Å². The zero-order chi connectivity index (χ0) is 8.08. The summed E-state index contributed by atoms with van der Waals surface area (Å²) in [6.07, 6.45) is -2.33. The molecule has 0 saturated carbocycles. The SMILES string of the molecule is O=C([O-])[O-].O=P([O-])([O-])[O-].[F-].[Sr+2].[Sr+2].[Sr+2]. The van der Waals surface area contributed by atoms with E-state index in [9.17, 15) is 0 Å². The molecular formula is CFO7PSr3. The maximum atomic E-state index is 8.55. The summed E-state index contributed by atoms with van der Waals surface area (Å²) in [5, 5.41) is 16.7. The predicted molar refractivity (Wildman–Crippen MR) is 30.3 cm³/mol. The van der Waals surface area contributed by atoms with Crippen molar-refractivity contribution < 1.29 is 39.0 Å². The maximum absolute atomic E-state index is 8.55. The summed E-state index contributed by atoms with van der Waals surface area (Å²) in [6, 6.07) is 0. The quantitative estimate of drug-likeness (QED) is 0.270. The van der Waals surface area contributed by atoms with Gasteiger partial charge >= 0.3 is 136 Å². The summed E-state index contributed by atoms with van der Waals surface area (Å²) in [5.74, 6) is 0. The average molecular weight is 437 g/mol. The van der Waals surface area contributed by atoms with Gasteiger partial charge in [0.05, 0.1) is 0 Å². The minimum Gasteiger partial charge on any atom is -1.00 e. The van der Waals surface area contributed by atoms with Crippen molar-refractivity contribution in [3.05, 3.63) is 0 Å². The molecule has 0 spiro atoms. The van der Waals surface area contributed by atoms with E-state index in [1.54, 1.807) is 0 Å². The van der Waals surface area contributed by atoms with Crippen LogP contribution in [0.4, 0.5) is 4.79 Å². The number of carboxylic acid groups (broad SMARTS) is 2. The van der Waals surface area contributed by atoms with Crippen LogP contribution in [0.1, 0.15) is 0 Å². The van der Waals surface area contributed by atoms with Gasteiger partial charge in [-0.25, -0.2) is 0 Å². The number of hydrogen-bond acceptors (Lipinski definition) is 7. The van der Waals surface area contributed by atoms with Gasteiger partial charge in [-0.05, 0) is 6.16 Å². The first-order chi connectivity index (χ1) is 3.73. The molecule has 0 amide bonds. The number of phosphoric acid groups is 1. The van der Waals surface area contributed by atoms with E-state index in [-0.39, 0.29) is 141 Å². The second-order valence-electron chi connectivity index (χ2n) is 0.697. The summed E-state index contributed by atoms with van der Waals surface area (Å²) < 4.78 is 8.55. The molecule has 0 aliphatic rings. The summed E-state index contributed by atoms with van der Waals surface area (Å²) in [6.45, 7) is 0. The minimum atomic E-state index is -5.39. The van der Waals surface area contributed by atoms with Crippen LogP contribution in [-0.4, -0.2) is 143 Å². The van der Waals surface area contributed by atoms with Gasteiger partial charge in [0.1, 0.15) is 0 Å². The number of hydrogen-bond donors (Lipinski definition) is 0. The van der Waals surface area contributed by atoms with E-state index < -0.39 is 14.0 Å². The van der Waals surface area contributed by atoms with E-state index >= 15 is 0 Å². The Kier molecular flexibility index (Phi) is 58.3. The Bertz CT molecular complexity index is 123. The standard InChI is InChI=1S/CH2O3.FH.H3O4P.3Sr/c2-1(3)4;;1-5(2,3)4;;;/h(H2,2,3,4);1H;(H3,1,2,3,4);;;/q;;;3*+2/p-6. The van der Waals surface area contributed by atoms with Crippen LogP contribution >= 0.6 is 7.82 Å². The number of rotatable bonds is 0. The first-order valence-corrected chi connectivity index (χ1v) is 2.80. The molecule has 0 fully saturated rings. The molecule has 13 heavy (non-hydrogen) atoms. The molecule has 0 rings (SSSR count). The molecule has 12 heteroatoms. The van der Waals surface area contributed by atoms with Crippen LogP contribution in [0.15, 0.2) is 0 Å². The summed E-state index contributed by atoms with van der Waals surface area (Å²) >= 11 is 0. The van der Waals surface area contributed by atoms with Gasteiger partial charge in [0.25, 0.3) is 0 Å². The van der Waals surface area contributed by atoms with Gasteiger partial charge in [-0.15, -0.1) is 0 Å². The van der Waals surface area contributed by atoms with E-state index in [4.69, 9.17) is 34.3 Å². The van der Waals surface area contributed by atoms with Crippen molar-refractivity contribution in [1.82, 2.24) is 0 Å². The Morgan fingerprint density at radius 3 is 0.923 bits per heavy atom. The third kappa shape index (κ3) is 212. The Balaban J connectivity index is -0.0000000146. The molecule has 0 bridgehead atoms. The summed E-state index contributed by atoms with van der Waals surface area (Å²) in [5.41, 5.74) is 0. The van der Waals surface area contributed by atoms with Crippen LogP contribution in [-0.2, 0) is 4.57 Å². The Morgan fingerprint density at radius 2 is 0.923 bits per heavy atom. The molecule has 0 N–H and O–H groups in total. The zero-order valence-corrected chi connectivity index (χ0v) is 17.6. The topological polar surface area (TPSA) is 149 Å². The van der Waals surface area contributed by atoms with E-state index in [2.05, 4.69) is 0 Å². The molecule has 64 valence electrons.